The Labute approximate surface area is 173 Å². The van der Waals surface area contributed by atoms with Gasteiger partial charge in [0.05, 0.1) is 26.2 Å². The number of hydrogen-bond donors (Lipinski definition) is 1. The van der Waals surface area contributed by atoms with Crippen molar-refractivity contribution in [3.63, 3.8) is 0 Å². The second kappa shape index (κ2) is 7.09. The molecule has 1 N–H and O–H groups in total. The molecule has 0 spiro atoms. The lowest BCUT2D eigenvalue weighted by Crippen LogP contribution is -2.35. The van der Waals surface area contributed by atoms with Gasteiger partial charge in [-0.3, -0.25) is 9.59 Å². The van der Waals surface area contributed by atoms with Crippen LogP contribution in [0.4, 0.5) is 5.69 Å². The van der Waals surface area contributed by atoms with Crippen molar-refractivity contribution in [3.05, 3.63) is 47.2 Å². The van der Waals surface area contributed by atoms with Crippen molar-refractivity contribution in [2.75, 3.05) is 19.5 Å². The fourth-order valence-corrected chi connectivity index (χ4v) is 3.81. The second-order valence-corrected chi connectivity index (χ2v) is 7.85. The largest absolute Gasteiger partial charge is 0.493 e. The van der Waals surface area contributed by atoms with Crippen LogP contribution in [0.15, 0.2) is 34.7 Å². The van der Waals surface area contributed by atoms with E-state index in [1.54, 1.807) is 44.4 Å². The van der Waals surface area contributed by atoms with Gasteiger partial charge in [-0.05, 0) is 45.0 Å². The lowest BCUT2D eigenvalue weighted by molar-refractivity contribution is 0.0623. The van der Waals surface area contributed by atoms with Gasteiger partial charge < -0.3 is 23.9 Å². The molecule has 0 fully saturated rings. The van der Waals surface area contributed by atoms with Crippen molar-refractivity contribution in [1.82, 2.24) is 0 Å². The number of fused-ring (bicyclic) bond motifs is 3. The second-order valence-electron chi connectivity index (χ2n) is 7.85. The number of carbonyl (C=O) groups is 2. The minimum absolute atomic E-state index is 0.0254. The van der Waals surface area contributed by atoms with Gasteiger partial charge in [0.2, 0.25) is 0 Å². The van der Waals surface area contributed by atoms with E-state index in [0.29, 0.717) is 45.0 Å². The van der Waals surface area contributed by atoms with E-state index >= 15 is 0 Å². The lowest BCUT2D eigenvalue weighted by atomic mass is 9.90. The fraction of sp³-hybridized carbons (Fsp3) is 0.304. The molecular weight excluding hydrogens is 386 g/mol. The monoisotopic (exact) mass is 409 g/mol. The van der Waals surface area contributed by atoms with Gasteiger partial charge in [0.25, 0.3) is 5.91 Å². The summed E-state index contributed by atoms with van der Waals surface area (Å²) in [4.78, 5) is 25.7. The van der Waals surface area contributed by atoms with Crippen LogP contribution in [-0.2, 0) is 0 Å². The van der Waals surface area contributed by atoms with Crippen molar-refractivity contribution < 1.29 is 28.2 Å². The van der Waals surface area contributed by atoms with Crippen molar-refractivity contribution in [1.29, 1.82) is 0 Å². The average Bonchev–Trinajstić information content (AvgIpc) is 3.03. The highest BCUT2D eigenvalue weighted by Crippen LogP contribution is 2.40. The van der Waals surface area contributed by atoms with Crippen molar-refractivity contribution in [3.8, 4) is 17.2 Å². The van der Waals surface area contributed by atoms with Crippen LogP contribution >= 0.6 is 0 Å². The number of ether oxygens (including phenoxy) is 3. The minimum Gasteiger partial charge on any atom is -0.493 e. The van der Waals surface area contributed by atoms with Crippen LogP contribution in [0.25, 0.3) is 11.0 Å². The topological polar surface area (TPSA) is 87.0 Å². The van der Waals surface area contributed by atoms with Gasteiger partial charge in [-0.25, -0.2) is 0 Å². The molecule has 4 rings (SSSR count). The summed E-state index contributed by atoms with van der Waals surface area (Å²) in [5, 5.41) is 3.42. The SMILES string of the molecule is COc1ccc(NC(=O)c2oc3ccc4c(c3c2C)C(=O)CC(C)(C)O4)cc1OC. The number of hydrogen-bond acceptors (Lipinski definition) is 6. The van der Waals surface area contributed by atoms with Crippen LogP contribution < -0.4 is 19.5 Å². The predicted molar refractivity (Wildman–Crippen MR) is 112 cm³/mol. The zero-order chi connectivity index (χ0) is 21.6. The first kappa shape index (κ1) is 19.8. The first-order valence-corrected chi connectivity index (χ1v) is 9.56. The zero-order valence-electron chi connectivity index (χ0n) is 17.5. The molecule has 2 aromatic carbocycles. The number of Topliss-reactive ketones (excluding diaryl/α,β-unsaturated/α-hetero) is 1. The number of anilines is 1. The number of amides is 1. The van der Waals surface area contributed by atoms with E-state index in [9.17, 15) is 9.59 Å². The number of ketones is 1. The first-order valence-electron chi connectivity index (χ1n) is 9.56. The number of carbonyl (C=O) groups excluding carboxylic acids is 2. The molecule has 1 amide bonds. The summed E-state index contributed by atoms with van der Waals surface area (Å²) < 4.78 is 22.3. The Hall–Kier alpha value is -3.48. The summed E-state index contributed by atoms with van der Waals surface area (Å²) in [5.41, 5.74) is 1.50. The number of methoxy groups -OCH3 is 2. The molecule has 0 aliphatic carbocycles. The Kier molecular flexibility index (Phi) is 4.68. The van der Waals surface area contributed by atoms with Gasteiger partial charge in [-0.1, -0.05) is 0 Å². The Morgan fingerprint density at radius 2 is 1.83 bits per heavy atom. The molecule has 156 valence electrons. The van der Waals surface area contributed by atoms with Crippen LogP contribution in [0.2, 0.25) is 0 Å². The molecule has 0 atom stereocenters. The Morgan fingerprint density at radius 1 is 1.10 bits per heavy atom. The van der Waals surface area contributed by atoms with Crippen LogP contribution in [0.1, 0.15) is 46.7 Å². The van der Waals surface area contributed by atoms with Crippen molar-refractivity contribution in [2.24, 2.45) is 0 Å². The van der Waals surface area contributed by atoms with E-state index in [0.717, 1.165) is 0 Å². The smallest absolute Gasteiger partial charge is 0.291 e. The molecule has 30 heavy (non-hydrogen) atoms. The predicted octanol–water partition coefficient (Wildman–Crippen LogP) is 4.75. The van der Waals surface area contributed by atoms with E-state index in [1.165, 1.54) is 7.11 Å². The molecule has 7 nitrogen and oxygen atoms in total. The van der Waals surface area contributed by atoms with Gasteiger partial charge in [0.1, 0.15) is 16.9 Å². The normalized spacial score (nSPS) is 14.8. The Balaban J connectivity index is 1.72. The highest BCUT2D eigenvalue weighted by atomic mass is 16.5. The number of furan rings is 1. The molecule has 7 heteroatoms. The van der Waals surface area contributed by atoms with Gasteiger partial charge in [0, 0.05) is 22.7 Å². The molecule has 1 aliphatic heterocycles. The Bertz CT molecular complexity index is 1170. The van der Waals surface area contributed by atoms with Gasteiger partial charge in [-0.15, -0.1) is 0 Å². The van der Waals surface area contributed by atoms with Gasteiger partial charge in [-0.2, -0.15) is 0 Å². The summed E-state index contributed by atoms with van der Waals surface area (Å²) >= 11 is 0. The lowest BCUT2D eigenvalue weighted by Gasteiger charge is -2.31. The molecule has 0 radical (unpaired) electrons. The number of benzene rings is 2. The van der Waals surface area contributed by atoms with Crippen molar-refractivity contribution in [2.45, 2.75) is 32.8 Å². The third-order valence-corrected chi connectivity index (χ3v) is 5.16. The number of aryl methyl sites for hydroxylation is 1. The van der Waals surface area contributed by atoms with Crippen molar-refractivity contribution >= 4 is 28.3 Å². The molecule has 1 aromatic heterocycles. The summed E-state index contributed by atoms with van der Waals surface area (Å²) in [6, 6.07) is 8.52. The Morgan fingerprint density at radius 3 is 2.53 bits per heavy atom. The zero-order valence-corrected chi connectivity index (χ0v) is 17.5. The molecule has 1 aliphatic rings. The van der Waals surface area contributed by atoms with Gasteiger partial charge >= 0.3 is 0 Å². The quantitative estimate of drug-likeness (QED) is 0.669. The number of rotatable bonds is 4. The summed E-state index contributed by atoms with van der Waals surface area (Å²) in [7, 11) is 3.07. The number of nitrogens with one attached hydrogen (secondary N) is 1. The molecule has 2 heterocycles. The molecular formula is C23H23NO6. The van der Waals surface area contributed by atoms with E-state index in [1.807, 2.05) is 13.8 Å². The van der Waals surface area contributed by atoms with E-state index in [2.05, 4.69) is 5.32 Å². The summed E-state index contributed by atoms with van der Waals surface area (Å²) in [5.74, 6) is 1.27. The maximum atomic E-state index is 12.9. The average molecular weight is 409 g/mol. The molecule has 0 unspecified atom stereocenters. The first-order chi connectivity index (χ1) is 14.2. The highest BCUT2D eigenvalue weighted by molar-refractivity contribution is 6.14. The van der Waals surface area contributed by atoms with Gasteiger partial charge in [0.15, 0.2) is 23.0 Å². The maximum absolute atomic E-state index is 12.9. The van der Waals surface area contributed by atoms with Crippen LogP contribution in [-0.4, -0.2) is 31.5 Å². The third kappa shape index (κ3) is 3.26. The standard InChI is InChI=1S/C23H23NO6/c1-12-19-16(8-9-17-20(19)14(25)11-23(2,3)30-17)29-21(12)22(26)24-13-6-7-15(27-4)18(10-13)28-5/h6-10H,11H2,1-5H3,(H,24,26). The highest BCUT2D eigenvalue weighted by Gasteiger charge is 2.35. The van der Waals surface area contributed by atoms with Crippen LogP contribution in [0.5, 0.6) is 17.2 Å². The fourth-order valence-electron chi connectivity index (χ4n) is 3.81. The minimum atomic E-state index is -0.566. The van der Waals surface area contributed by atoms with E-state index in [-0.39, 0.29) is 18.0 Å². The molecule has 0 saturated heterocycles. The maximum Gasteiger partial charge on any atom is 0.291 e. The summed E-state index contributed by atoms with van der Waals surface area (Å²) in [6.45, 7) is 5.52. The molecule has 3 aromatic rings. The van der Waals surface area contributed by atoms with E-state index in [4.69, 9.17) is 18.6 Å². The van der Waals surface area contributed by atoms with Crippen LogP contribution in [0, 0.1) is 6.92 Å². The van der Waals surface area contributed by atoms with E-state index < -0.39 is 11.5 Å². The third-order valence-electron chi connectivity index (χ3n) is 5.16. The van der Waals surface area contributed by atoms with Crippen LogP contribution in [0.3, 0.4) is 0 Å². The summed E-state index contributed by atoms with van der Waals surface area (Å²) in [6.07, 6.45) is 0.261. The molecule has 0 bridgehead atoms. The molecule has 0 saturated carbocycles.